The highest BCUT2D eigenvalue weighted by atomic mass is 16.3. The second kappa shape index (κ2) is 9.92. The fourth-order valence-electron chi connectivity index (χ4n) is 4.32. The summed E-state index contributed by atoms with van der Waals surface area (Å²) in [6, 6.07) is 26.0. The van der Waals surface area contributed by atoms with E-state index in [1.807, 2.05) is 0 Å². The normalized spacial score (nSPS) is 13.2. The molecule has 3 rings (SSSR count). The average Bonchev–Trinajstić information content (AvgIpc) is 2.73. The maximum absolute atomic E-state index is 11.1. The van der Waals surface area contributed by atoms with Gasteiger partial charge in [0.05, 0.1) is 6.54 Å². The van der Waals surface area contributed by atoms with E-state index in [0.717, 1.165) is 37.2 Å². The summed E-state index contributed by atoms with van der Waals surface area (Å²) in [5.41, 5.74) is 5.92. The van der Waals surface area contributed by atoms with Gasteiger partial charge in [0.25, 0.3) is 0 Å². The van der Waals surface area contributed by atoms with E-state index in [9.17, 15) is 5.11 Å². The molecule has 0 radical (unpaired) electrons. The molecule has 3 aromatic carbocycles. The molecule has 32 heavy (non-hydrogen) atoms. The van der Waals surface area contributed by atoms with Gasteiger partial charge in [-0.3, -0.25) is 0 Å². The summed E-state index contributed by atoms with van der Waals surface area (Å²) >= 11 is 0. The van der Waals surface area contributed by atoms with Crippen LogP contribution >= 0.6 is 0 Å². The summed E-state index contributed by atoms with van der Waals surface area (Å²) in [4.78, 5) is 1.53. The molecule has 1 unspecified atom stereocenters. The van der Waals surface area contributed by atoms with E-state index in [1.54, 1.807) is 0 Å². The van der Waals surface area contributed by atoms with Crippen LogP contribution in [0, 0.1) is 0 Å². The molecule has 0 heterocycles. The topological polar surface area (TPSA) is 24.7 Å². The third-order valence-corrected chi connectivity index (χ3v) is 6.15. The first-order valence-corrected chi connectivity index (χ1v) is 11.8. The van der Waals surface area contributed by atoms with Crippen LogP contribution in [0.2, 0.25) is 0 Å². The zero-order valence-electron chi connectivity index (χ0n) is 20.7. The van der Waals surface area contributed by atoms with Crippen molar-refractivity contribution >= 4 is 0 Å². The number of hydrogen-bond donors (Lipinski definition) is 2. The molecule has 2 nitrogen and oxygen atoms in total. The number of rotatable bonds is 7. The number of phenols is 1. The molecular formula is C30H40NO+. The largest absolute Gasteiger partial charge is 0.507 e. The summed E-state index contributed by atoms with van der Waals surface area (Å²) in [5.74, 6) is 0.461. The van der Waals surface area contributed by atoms with Crippen LogP contribution in [0.3, 0.4) is 0 Å². The summed E-state index contributed by atoms with van der Waals surface area (Å²) in [6.45, 7) is 16.1. The molecule has 170 valence electrons. The van der Waals surface area contributed by atoms with E-state index in [0.29, 0.717) is 5.75 Å². The molecular weight excluding hydrogens is 390 g/mol. The monoisotopic (exact) mass is 430 g/mol. The van der Waals surface area contributed by atoms with Gasteiger partial charge in [-0.05, 0) is 28.5 Å². The van der Waals surface area contributed by atoms with Crippen molar-refractivity contribution in [1.29, 1.82) is 0 Å². The molecule has 2 heteroatoms. The third-order valence-electron chi connectivity index (χ3n) is 6.15. The predicted octanol–water partition coefficient (Wildman–Crippen LogP) is 5.82. The highest BCUT2D eigenvalue weighted by Gasteiger charge is 2.27. The first-order valence-electron chi connectivity index (χ1n) is 11.8. The smallest absolute Gasteiger partial charge is 0.123 e. The van der Waals surface area contributed by atoms with Crippen LogP contribution in [-0.4, -0.2) is 11.7 Å². The molecule has 0 saturated heterocycles. The summed E-state index contributed by atoms with van der Waals surface area (Å²) in [6.07, 6.45) is 1.05. The molecule has 0 saturated carbocycles. The maximum Gasteiger partial charge on any atom is 0.123 e. The lowest BCUT2D eigenvalue weighted by molar-refractivity contribution is -0.927. The molecule has 3 aromatic rings. The summed E-state index contributed by atoms with van der Waals surface area (Å²) < 4.78 is 0. The highest BCUT2D eigenvalue weighted by Crippen LogP contribution is 2.39. The summed E-state index contributed by atoms with van der Waals surface area (Å²) in [7, 11) is 0. The molecule has 0 aliphatic rings. The molecule has 0 bridgehead atoms. The van der Waals surface area contributed by atoms with E-state index in [4.69, 9.17) is 0 Å². The van der Waals surface area contributed by atoms with Gasteiger partial charge in [0.1, 0.15) is 18.8 Å². The second-order valence-corrected chi connectivity index (χ2v) is 11.1. The Morgan fingerprint density at radius 3 is 1.53 bits per heavy atom. The van der Waals surface area contributed by atoms with Crippen LogP contribution in [0.1, 0.15) is 69.4 Å². The van der Waals surface area contributed by atoms with E-state index in [-0.39, 0.29) is 10.8 Å². The first kappa shape index (κ1) is 24.1. The van der Waals surface area contributed by atoms with Gasteiger partial charge >= 0.3 is 0 Å². The highest BCUT2D eigenvalue weighted by molar-refractivity contribution is 5.49. The minimum atomic E-state index is -0.107. The van der Waals surface area contributed by atoms with Crippen LogP contribution in [0.15, 0.2) is 72.8 Å². The van der Waals surface area contributed by atoms with Crippen LogP contribution < -0.4 is 4.90 Å². The Labute approximate surface area is 194 Å². The molecule has 2 N–H and O–H groups in total. The minimum absolute atomic E-state index is 0.107. The minimum Gasteiger partial charge on any atom is -0.507 e. The maximum atomic E-state index is 11.1. The van der Waals surface area contributed by atoms with E-state index >= 15 is 0 Å². The molecule has 0 fully saturated rings. The van der Waals surface area contributed by atoms with Crippen molar-refractivity contribution in [2.45, 2.75) is 71.9 Å². The number of quaternary nitrogens is 1. The lowest BCUT2D eigenvalue weighted by atomic mass is 9.78. The van der Waals surface area contributed by atoms with Crippen LogP contribution in [0.4, 0.5) is 0 Å². The van der Waals surface area contributed by atoms with Gasteiger partial charge in [-0.2, -0.15) is 0 Å². The van der Waals surface area contributed by atoms with Crippen molar-refractivity contribution in [3.8, 4) is 5.75 Å². The van der Waals surface area contributed by atoms with Gasteiger partial charge in [-0.15, -0.1) is 0 Å². The van der Waals surface area contributed by atoms with Crippen LogP contribution in [0.25, 0.3) is 0 Å². The Kier molecular flexibility index (Phi) is 7.46. The summed E-state index contributed by atoms with van der Waals surface area (Å²) in [5, 5.41) is 11.1. The molecule has 0 aliphatic heterocycles. The Balaban J connectivity index is 1.93. The quantitative estimate of drug-likeness (QED) is 0.485. The van der Waals surface area contributed by atoms with Crippen molar-refractivity contribution in [2.24, 2.45) is 0 Å². The Bertz CT molecular complexity index is 959. The van der Waals surface area contributed by atoms with Gasteiger partial charge in [0.15, 0.2) is 0 Å². The SMILES string of the molecule is CC(C)(C)c1cc(C[NH+](CCc2ccccc2)Cc2ccccc2)cc(C(C)(C)C)c1O. The van der Waals surface area contributed by atoms with Crippen molar-refractivity contribution < 1.29 is 10.0 Å². The fourth-order valence-corrected chi connectivity index (χ4v) is 4.32. The Hall–Kier alpha value is -2.58. The number of nitrogens with one attached hydrogen (secondary N) is 1. The first-order chi connectivity index (χ1) is 15.0. The molecule has 0 aromatic heterocycles. The van der Waals surface area contributed by atoms with Crippen LogP contribution in [-0.2, 0) is 30.3 Å². The van der Waals surface area contributed by atoms with E-state index in [1.165, 1.54) is 21.6 Å². The Morgan fingerprint density at radius 1 is 0.625 bits per heavy atom. The number of phenolic OH excluding ortho intramolecular Hbond substituents is 1. The van der Waals surface area contributed by atoms with E-state index in [2.05, 4.69) is 114 Å². The molecule has 0 amide bonds. The predicted molar refractivity (Wildman–Crippen MR) is 135 cm³/mol. The number of benzene rings is 3. The zero-order chi connectivity index (χ0) is 23.4. The van der Waals surface area contributed by atoms with Crippen molar-refractivity contribution in [1.82, 2.24) is 0 Å². The fraction of sp³-hybridized carbons (Fsp3) is 0.400. The van der Waals surface area contributed by atoms with Gasteiger partial charge in [-0.25, -0.2) is 0 Å². The zero-order valence-corrected chi connectivity index (χ0v) is 20.7. The molecule has 0 aliphatic carbocycles. The van der Waals surface area contributed by atoms with E-state index < -0.39 is 0 Å². The van der Waals surface area contributed by atoms with Gasteiger partial charge < -0.3 is 10.0 Å². The van der Waals surface area contributed by atoms with Crippen molar-refractivity contribution in [2.75, 3.05) is 6.54 Å². The lowest BCUT2D eigenvalue weighted by Crippen LogP contribution is -3.09. The van der Waals surface area contributed by atoms with Gasteiger partial charge in [-0.1, -0.05) is 102 Å². The van der Waals surface area contributed by atoms with Gasteiger partial charge in [0.2, 0.25) is 0 Å². The number of hydrogen-bond acceptors (Lipinski definition) is 1. The van der Waals surface area contributed by atoms with Crippen molar-refractivity contribution in [3.63, 3.8) is 0 Å². The van der Waals surface area contributed by atoms with Crippen LogP contribution in [0.5, 0.6) is 5.75 Å². The molecule has 0 spiro atoms. The lowest BCUT2D eigenvalue weighted by Gasteiger charge is -2.29. The molecule has 1 atom stereocenters. The third kappa shape index (κ3) is 6.46. The Morgan fingerprint density at radius 2 is 1.06 bits per heavy atom. The van der Waals surface area contributed by atoms with Gasteiger partial charge in [0, 0.05) is 28.7 Å². The standard InChI is InChI=1S/C30H39NO/c1-29(2,3)26-19-25(20-27(28(26)32)30(4,5)6)22-31(21-24-15-11-8-12-16-24)18-17-23-13-9-7-10-14-23/h7-16,19-20,32H,17-18,21-22H2,1-6H3/p+1. The number of aromatic hydroxyl groups is 1. The average molecular weight is 431 g/mol. The van der Waals surface area contributed by atoms with Crippen molar-refractivity contribution in [3.05, 3.63) is 101 Å². The second-order valence-electron chi connectivity index (χ2n) is 11.1.